The zero-order chi connectivity index (χ0) is 10.1. The molecular formula is C10H14ClNO. The van der Waals surface area contributed by atoms with Gasteiger partial charge in [0.25, 0.3) is 0 Å². The molecule has 0 radical (unpaired) electrons. The van der Waals surface area contributed by atoms with Gasteiger partial charge < -0.3 is 4.57 Å². The molecule has 0 amide bonds. The van der Waals surface area contributed by atoms with E-state index in [0.29, 0.717) is 5.56 Å². The molecule has 0 saturated carbocycles. The molecule has 72 valence electrons. The number of ketones is 1. The number of halogens is 1. The Morgan fingerprint density at radius 3 is 2.54 bits per heavy atom. The summed E-state index contributed by atoms with van der Waals surface area (Å²) in [6.45, 7) is 6.26. The van der Waals surface area contributed by atoms with Crippen molar-refractivity contribution in [1.82, 2.24) is 4.57 Å². The molecule has 0 N–H and O–H groups in total. The van der Waals surface area contributed by atoms with E-state index in [1.807, 2.05) is 17.0 Å². The lowest BCUT2D eigenvalue weighted by Gasteiger charge is -2.20. The molecule has 0 aromatic carbocycles. The molecule has 1 aromatic rings. The summed E-state index contributed by atoms with van der Waals surface area (Å²) < 4.78 is 2.01. The van der Waals surface area contributed by atoms with Crippen molar-refractivity contribution in [2.45, 2.75) is 26.3 Å². The summed E-state index contributed by atoms with van der Waals surface area (Å²) in [4.78, 5) is 11.2. The van der Waals surface area contributed by atoms with E-state index in [2.05, 4.69) is 20.8 Å². The first-order valence-electron chi connectivity index (χ1n) is 4.23. The number of aromatic nitrogens is 1. The standard InChI is InChI=1S/C10H14ClNO/c1-10(2,3)12-5-4-8(7-12)9(13)6-11/h4-5,7H,6H2,1-3H3. The second-order valence-corrected chi connectivity index (χ2v) is 4.30. The van der Waals surface area contributed by atoms with E-state index < -0.39 is 0 Å². The fourth-order valence-electron chi connectivity index (χ4n) is 1.06. The Bertz CT molecular complexity index is 309. The van der Waals surface area contributed by atoms with Crippen molar-refractivity contribution >= 4 is 17.4 Å². The lowest BCUT2D eigenvalue weighted by atomic mass is 10.1. The first-order valence-corrected chi connectivity index (χ1v) is 4.76. The number of Topliss-reactive ketones (excluding diaryl/α,β-unsaturated/α-hetero) is 1. The normalized spacial score (nSPS) is 11.7. The van der Waals surface area contributed by atoms with Crippen LogP contribution >= 0.6 is 11.6 Å². The minimum Gasteiger partial charge on any atom is -0.348 e. The van der Waals surface area contributed by atoms with Crippen LogP contribution in [0.5, 0.6) is 0 Å². The highest BCUT2D eigenvalue weighted by molar-refractivity contribution is 6.30. The van der Waals surface area contributed by atoms with Gasteiger partial charge in [-0.2, -0.15) is 0 Å². The van der Waals surface area contributed by atoms with Gasteiger partial charge in [-0.15, -0.1) is 11.6 Å². The number of rotatable bonds is 2. The molecule has 0 aliphatic rings. The average Bonchev–Trinajstić information content (AvgIpc) is 2.50. The number of nitrogens with zero attached hydrogens (tertiary/aromatic N) is 1. The summed E-state index contributed by atoms with van der Waals surface area (Å²) in [6, 6.07) is 1.80. The Hall–Kier alpha value is -0.760. The maximum absolute atomic E-state index is 11.2. The molecule has 1 aromatic heterocycles. The fourth-order valence-corrected chi connectivity index (χ4v) is 1.21. The second kappa shape index (κ2) is 3.54. The highest BCUT2D eigenvalue weighted by Crippen LogP contribution is 2.15. The lowest BCUT2D eigenvalue weighted by Crippen LogP contribution is -2.19. The maximum Gasteiger partial charge on any atom is 0.179 e. The number of carbonyl (C=O) groups is 1. The molecule has 0 fully saturated rings. The predicted octanol–water partition coefficient (Wildman–Crippen LogP) is 2.66. The zero-order valence-corrected chi connectivity index (χ0v) is 8.93. The number of alkyl halides is 1. The second-order valence-electron chi connectivity index (χ2n) is 4.04. The van der Waals surface area contributed by atoms with Gasteiger partial charge in [0.1, 0.15) is 0 Å². The van der Waals surface area contributed by atoms with Crippen LogP contribution in [0.25, 0.3) is 0 Å². The van der Waals surface area contributed by atoms with Crippen LogP contribution in [0.3, 0.4) is 0 Å². The summed E-state index contributed by atoms with van der Waals surface area (Å²) in [6.07, 6.45) is 3.74. The van der Waals surface area contributed by atoms with E-state index in [0.717, 1.165) is 0 Å². The average molecular weight is 200 g/mol. The van der Waals surface area contributed by atoms with Crippen LogP contribution in [0.4, 0.5) is 0 Å². The molecule has 0 aliphatic heterocycles. The first kappa shape index (κ1) is 10.3. The quantitative estimate of drug-likeness (QED) is 0.530. The third kappa shape index (κ3) is 2.34. The van der Waals surface area contributed by atoms with Gasteiger partial charge in [0, 0.05) is 23.5 Å². The van der Waals surface area contributed by atoms with Gasteiger partial charge >= 0.3 is 0 Å². The zero-order valence-electron chi connectivity index (χ0n) is 8.17. The van der Waals surface area contributed by atoms with Gasteiger partial charge in [0.05, 0.1) is 5.88 Å². The molecule has 0 atom stereocenters. The molecule has 0 saturated heterocycles. The van der Waals surface area contributed by atoms with Gasteiger partial charge in [0.2, 0.25) is 0 Å². The number of hydrogen-bond donors (Lipinski definition) is 0. The van der Waals surface area contributed by atoms with Crippen LogP contribution in [0.15, 0.2) is 18.5 Å². The van der Waals surface area contributed by atoms with Crippen LogP contribution in [0.1, 0.15) is 31.1 Å². The van der Waals surface area contributed by atoms with E-state index in [1.165, 1.54) is 0 Å². The Balaban J connectivity index is 2.93. The fraction of sp³-hybridized carbons (Fsp3) is 0.500. The minimum atomic E-state index is -0.0235. The lowest BCUT2D eigenvalue weighted by molar-refractivity contribution is 0.102. The molecule has 1 heterocycles. The van der Waals surface area contributed by atoms with Gasteiger partial charge in [0.15, 0.2) is 5.78 Å². The Labute approximate surface area is 83.5 Å². The molecule has 0 aliphatic carbocycles. The van der Waals surface area contributed by atoms with E-state index in [-0.39, 0.29) is 17.2 Å². The minimum absolute atomic E-state index is 0.0187. The van der Waals surface area contributed by atoms with Gasteiger partial charge in [-0.3, -0.25) is 4.79 Å². The molecule has 0 bridgehead atoms. The van der Waals surface area contributed by atoms with Gasteiger partial charge in [-0.25, -0.2) is 0 Å². The van der Waals surface area contributed by atoms with Crippen molar-refractivity contribution in [2.75, 3.05) is 5.88 Å². The van der Waals surface area contributed by atoms with Gasteiger partial charge in [-0.05, 0) is 26.8 Å². The summed E-state index contributed by atoms with van der Waals surface area (Å²) in [7, 11) is 0. The third-order valence-corrected chi connectivity index (χ3v) is 2.15. The molecule has 3 heteroatoms. The molecular weight excluding hydrogens is 186 g/mol. The SMILES string of the molecule is CC(C)(C)n1ccc(C(=O)CCl)c1. The monoisotopic (exact) mass is 199 g/mol. The van der Waals surface area contributed by atoms with Crippen LogP contribution < -0.4 is 0 Å². The summed E-state index contributed by atoms with van der Waals surface area (Å²) in [5, 5.41) is 0. The molecule has 0 spiro atoms. The predicted molar refractivity (Wildman–Crippen MR) is 54.5 cm³/mol. The highest BCUT2D eigenvalue weighted by atomic mass is 35.5. The topological polar surface area (TPSA) is 22.0 Å². The van der Waals surface area contributed by atoms with E-state index in [1.54, 1.807) is 6.07 Å². The largest absolute Gasteiger partial charge is 0.348 e. The first-order chi connectivity index (χ1) is 5.95. The van der Waals surface area contributed by atoms with E-state index >= 15 is 0 Å². The molecule has 2 nitrogen and oxygen atoms in total. The van der Waals surface area contributed by atoms with Crippen LogP contribution in [-0.2, 0) is 5.54 Å². The van der Waals surface area contributed by atoms with Crippen molar-refractivity contribution in [3.63, 3.8) is 0 Å². The summed E-state index contributed by atoms with van der Waals surface area (Å²) >= 11 is 5.45. The van der Waals surface area contributed by atoms with E-state index in [4.69, 9.17) is 11.6 Å². The Morgan fingerprint density at radius 1 is 1.54 bits per heavy atom. The smallest absolute Gasteiger partial charge is 0.179 e. The van der Waals surface area contributed by atoms with E-state index in [9.17, 15) is 4.79 Å². The van der Waals surface area contributed by atoms with Crippen LogP contribution in [0.2, 0.25) is 0 Å². The van der Waals surface area contributed by atoms with Crippen molar-refractivity contribution in [3.05, 3.63) is 24.0 Å². The molecule has 1 rings (SSSR count). The van der Waals surface area contributed by atoms with Crippen molar-refractivity contribution in [3.8, 4) is 0 Å². The van der Waals surface area contributed by atoms with Crippen molar-refractivity contribution in [1.29, 1.82) is 0 Å². The highest BCUT2D eigenvalue weighted by Gasteiger charge is 2.14. The van der Waals surface area contributed by atoms with Gasteiger partial charge in [-0.1, -0.05) is 0 Å². The summed E-state index contributed by atoms with van der Waals surface area (Å²) in [5.74, 6) is 0.0263. The Kier molecular flexibility index (Phi) is 2.81. The number of hydrogen-bond acceptors (Lipinski definition) is 1. The van der Waals surface area contributed by atoms with Crippen molar-refractivity contribution < 1.29 is 4.79 Å². The van der Waals surface area contributed by atoms with Crippen LogP contribution in [-0.4, -0.2) is 16.2 Å². The maximum atomic E-state index is 11.2. The molecule has 0 unspecified atom stereocenters. The molecule has 13 heavy (non-hydrogen) atoms. The third-order valence-electron chi connectivity index (χ3n) is 1.91. The van der Waals surface area contributed by atoms with Crippen LogP contribution in [0, 0.1) is 0 Å². The number of carbonyl (C=O) groups excluding carboxylic acids is 1. The van der Waals surface area contributed by atoms with Crippen molar-refractivity contribution in [2.24, 2.45) is 0 Å². The summed E-state index contributed by atoms with van der Waals surface area (Å²) in [5.41, 5.74) is 0.704. The Morgan fingerprint density at radius 2 is 2.15 bits per heavy atom.